The normalized spacial score (nSPS) is 13.4. The fourth-order valence-corrected chi connectivity index (χ4v) is 4.91. The summed E-state index contributed by atoms with van der Waals surface area (Å²) in [6.45, 7) is -1.41. The Hall–Kier alpha value is -2.16. The minimum Gasteiger partial charge on any atom is -0.210 e. The maximum absolute atomic E-state index is 13.0. The fraction of sp³-hybridized carbons (Fsp3) is 0.250. The topological polar surface area (TPSA) is 92.3 Å². The van der Waals surface area contributed by atoms with E-state index in [2.05, 4.69) is 0 Å². The van der Waals surface area contributed by atoms with E-state index in [1.807, 2.05) is 0 Å². The van der Waals surface area contributed by atoms with Gasteiger partial charge in [0.1, 0.15) is 0 Å². The molecule has 0 bridgehead atoms. The molecular weight excluding hydrogens is 462 g/mol. The summed E-state index contributed by atoms with van der Waals surface area (Å²) in [7, 11) is -9.35. The second kappa shape index (κ2) is 8.53. The van der Waals surface area contributed by atoms with Crippen molar-refractivity contribution in [1.29, 1.82) is 0 Å². The SMILES string of the molecule is O=S(=O)(NCCNS(=O)(=O)c1ccccc1C(F)(F)F)c1ccccc1C(F)(F)F. The van der Waals surface area contributed by atoms with Crippen LogP contribution >= 0.6 is 0 Å². The van der Waals surface area contributed by atoms with Gasteiger partial charge in [-0.1, -0.05) is 24.3 Å². The largest absolute Gasteiger partial charge is 0.417 e. The molecule has 0 aliphatic heterocycles. The van der Waals surface area contributed by atoms with Gasteiger partial charge in [-0.15, -0.1) is 0 Å². The van der Waals surface area contributed by atoms with Crippen molar-refractivity contribution in [3.63, 3.8) is 0 Å². The first-order valence-corrected chi connectivity index (χ1v) is 10.9. The average molecular weight is 476 g/mol. The molecule has 2 aromatic carbocycles. The van der Waals surface area contributed by atoms with E-state index >= 15 is 0 Å². The fourth-order valence-electron chi connectivity index (χ4n) is 2.40. The van der Waals surface area contributed by atoms with Gasteiger partial charge in [0.05, 0.1) is 20.9 Å². The Labute approximate surface area is 168 Å². The first-order chi connectivity index (χ1) is 13.7. The van der Waals surface area contributed by atoms with Crippen molar-refractivity contribution >= 4 is 20.0 Å². The van der Waals surface area contributed by atoms with E-state index in [-0.39, 0.29) is 0 Å². The zero-order valence-corrected chi connectivity index (χ0v) is 16.4. The molecule has 0 saturated carbocycles. The molecule has 6 nitrogen and oxygen atoms in total. The third-order valence-electron chi connectivity index (χ3n) is 3.67. The van der Waals surface area contributed by atoms with E-state index < -0.39 is 66.4 Å². The predicted molar refractivity (Wildman–Crippen MR) is 93.3 cm³/mol. The number of sulfonamides is 2. The lowest BCUT2D eigenvalue weighted by atomic mass is 10.2. The monoisotopic (exact) mass is 476 g/mol. The molecule has 2 rings (SSSR count). The highest BCUT2D eigenvalue weighted by molar-refractivity contribution is 7.90. The van der Waals surface area contributed by atoms with E-state index in [1.54, 1.807) is 9.44 Å². The predicted octanol–water partition coefficient (Wildman–Crippen LogP) is 2.98. The van der Waals surface area contributed by atoms with Crippen LogP contribution in [-0.4, -0.2) is 29.9 Å². The van der Waals surface area contributed by atoms with Crippen LogP contribution in [0, 0.1) is 0 Å². The van der Waals surface area contributed by atoms with Gasteiger partial charge in [0, 0.05) is 13.1 Å². The van der Waals surface area contributed by atoms with Gasteiger partial charge >= 0.3 is 12.4 Å². The van der Waals surface area contributed by atoms with Crippen LogP contribution in [0.1, 0.15) is 11.1 Å². The van der Waals surface area contributed by atoms with E-state index in [0.29, 0.717) is 12.1 Å². The van der Waals surface area contributed by atoms with Crippen molar-refractivity contribution in [2.75, 3.05) is 13.1 Å². The number of nitrogens with one attached hydrogen (secondary N) is 2. The molecule has 0 aromatic heterocycles. The maximum atomic E-state index is 13.0. The Bertz CT molecular complexity index is 1020. The quantitative estimate of drug-likeness (QED) is 0.475. The third kappa shape index (κ3) is 5.71. The van der Waals surface area contributed by atoms with Crippen LogP contribution in [0.15, 0.2) is 58.3 Å². The molecule has 0 atom stereocenters. The molecule has 166 valence electrons. The van der Waals surface area contributed by atoms with Gasteiger partial charge in [-0.25, -0.2) is 26.3 Å². The molecule has 0 saturated heterocycles. The zero-order valence-electron chi connectivity index (χ0n) is 14.8. The summed E-state index contributed by atoms with van der Waals surface area (Å²) >= 11 is 0. The minimum absolute atomic E-state index is 0.561. The van der Waals surface area contributed by atoms with Gasteiger partial charge in [0.25, 0.3) is 0 Å². The van der Waals surface area contributed by atoms with Gasteiger partial charge < -0.3 is 0 Å². The Balaban J connectivity index is 2.12. The number of hydrogen-bond donors (Lipinski definition) is 2. The number of alkyl halides is 6. The second-order valence-corrected chi connectivity index (χ2v) is 9.25. The van der Waals surface area contributed by atoms with Gasteiger partial charge in [0.15, 0.2) is 0 Å². The molecular formula is C16H14F6N2O4S2. The van der Waals surface area contributed by atoms with Crippen LogP contribution in [0.5, 0.6) is 0 Å². The molecule has 0 heterocycles. The highest BCUT2D eigenvalue weighted by Gasteiger charge is 2.38. The van der Waals surface area contributed by atoms with Crippen molar-refractivity contribution < 1.29 is 43.2 Å². The van der Waals surface area contributed by atoms with Crippen molar-refractivity contribution in [3.05, 3.63) is 59.7 Å². The third-order valence-corrected chi connectivity index (χ3v) is 6.71. The standard InChI is InChI=1S/C16H14F6N2O4S2/c17-15(18,19)11-5-1-3-7-13(11)29(25,26)23-9-10-24-30(27,28)14-8-4-2-6-12(14)16(20,21)22/h1-8,23-24H,9-10H2. The van der Waals surface area contributed by atoms with Crippen LogP contribution in [0.2, 0.25) is 0 Å². The van der Waals surface area contributed by atoms with Crippen molar-refractivity contribution in [2.24, 2.45) is 0 Å². The summed E-state index contributed by atoms with van der Waals surface area (Å²) in [5, 5.41) is 0. The summed E-state index contributed by atoms with van der Waals surface area (Å²) in [6.07, 6.45) is -9.90. The van der Waals surface area contributed by atoms with Gasteiger partial charge in [-0.2, -0.15) is 26.3 Å². The first-order valence-electron chi connectivity index (χ1n) is 7.98. The smallest absolute Gasteiger partial charge is 0.210 e. The molecule has 30 heavy (non-hydrogen) atoms. The van der Waals surface area contributed by atoms with Gasteiger partial charge in [0.2, 0.25) is 20.0 Å². The molecule has 2 aromatic rings. The van der Waals surface area contributed by atoms with Gasteiger partial charge in [-0.05, 0) is 24.3 Å². The molecule has 14 heteroatoms. The molecule has 0 spiro atoms. The summed E-state index contributed by atoms with van der Waals surface area (Å²) < 4.78 is 130. The molecule has 2 N–H and O–H groups in total. The molecule has 0 radical (unpaired) electrons. The van der Waals surface area contributed by atoms with Crippen LogP contribution in [0.4, 0.5) is 26.3 Å². The molecule has 0 amide bonds. The van der Waals surface area contributed by atoms with Crippen LogP contribution in [0.25, 0.3) is 0 Å². The lowest BCUT2D eigenvalue weighted by Crippen LogP contribution is -2.36. The summed E-state index contributed by atoms with van der Waals surface area (Å²) in [4.78, 5) is -2.13. The first kappa shape index (κ1) is 24.1. The van der Waals surface area contributed by atoms with Crippen LogP contribution < -0.4 is 9.44 Å². The van der Waals surface area contributed by atoms with E-state index in [4.69, 9.17) is 0 Å². The highest BCUT2D eigenvalue weighted by Crippen LogP contribution is 2.34. The number of benzene rings is 2. The number of hydrogen-bond acceptors (Lipinski definition) is 4. The van der Waals surface area contributed by atoms with E-state index in [0.717, 1.165) is 36.4 Å². The van der Waals surface area contributed by atoms with Crippen molar-refractivity contribution in [2.45, 2.75) is 22.1 Å². The van der Waals surface area contributed by atoms with Gasteiger partial charge in [-0.3, -0.25) is 0 Å². The summed E-state index contributed by atoms with van der Waals surface area (Å²) in [5.74, 6) is 0. The number of halogens is 6. The van der Waals surface area contributed by atoms with Crippen LogP contribution in [0.3, 0.4) is 0 Å². The average Bonchev–Trinajstić information content (AvgIpc) is 2.64. The Morgan fingerprint density at radius 1 is 0.600 bits per heavy atom. The van der Waals surface area contributed by atoms with E-state index in [1.165, 1.54) is 0 Å². The molecule has 0 aliphatic rings. The number of rotatable bonds is 7. The summed E-state index contributed by atoms with van der Waals surface area (Å²) in [5.41, 5.74) is -2.84. The molecule has 0 fully saturated rings. The van der Waals surface area contributed by atoms with Crippen molar-refractivity contribution in [1.82, 2.24) is 9.44 Å². The van der Waals surface area contributed by atoms with Crippen LogP contribution in [-0.2, 0) is 32.4 Å². The Morgan fingerprint density at radius 2 is 0.900 bits per heavy atom. The lowest BCUT2D eigenvalue weighted by molar-refractivity contribution is -0.140. The van der Waals surface area contributed by atoms with Crippen molar-refractivity contribution in [3.8, 4) is 0 Å². The molecule has 0 unspecified atom stereocenters. The summed E-state index contributed by atoms with van der Waals surface area (Å²) in [6, 6.07) is 6.68. The Kier molecular flexibility index (Phi) is 6.85. The highest BCUT2D eigenvalue weighted by atomic mass is 32.2. The lowest BCUT2D eigenvalue weighted by Gasteiger charge is -2.15. The zero-order chi connectivity index (χ0) is 22.8. The van der Waals surface area contributed by atoms with E-state index in [9.17, 15) is 43.2 Å². The minimum atomic E-state index is -4.95. The maximum Gasteiger partial charge on any atom is 0.417 e. The molecule has 0 aliphatic carbocycles. The Morgan fingerprint density at radius 3 is 1.20 bits per heavy atom. The second-order valence-electron chi connectivity index (χ2n) is 5.78.